The Bertz CT molecular complexity index is 593. The van der Waals surface area contributed by atoms with Crippen molar-refractivity contribution < 1.29 is 5.11 Å². The molecule has 1 spiro atoms. The zero-order chi connectivity index (χ0) is 14.7. The van der Waals surface area contributed by atoms with Crippen LogP contribution in [0.1, 0.15) is 56.1 Å². The molecule has 3 aliphatic carbocycles. The molecule has 5 rings (SSSR count). The highest BCUT2D eigenvalue weighted by atomic mass is 16.3. The Balaban J connectivity index is 1.50. The molecule has 118 valence electrons. The van der Waals surface area contributed by atoms with Gasteiger partial charge in [-0.2, -0.15) is 0 Å². The normalized spacial score (nSPS) is 37.5. The van der Waals surface area contributed by atoms with Gasteiger partial charge in [-0.3, -0.25) is 0 Å². The van der Waals surface area contributed by atoms with E-state index in [0.717, 1.165) is 17.9 Å². The van der Waals surface area contributed by atoms with Gasteiger partial charge in [0.2, 0.25) is 0 Å². The molecule has 4 aliphatic rings. The van der Waals surface area contributed by atoms with E-state index in [1.165, 1.54) is 75.6 Å². The van der Waals surface area contributed by atoms with Gasteiger partial charge >= 0.3 is 0 Å². The monoisotopic (exact) mass is 297 g/mol. The largest absolute Gasteiger partial charge is 0.508 e. The summed E-state index contributed by atoms with van der Waals surface area (Å²) in [4.78, 5) is 2.82. The van der Waals surface area contributed by atoms with Crippen LogP contribution in [0.3, 0.4) is 0 Å². The van der Waals surface area contributed by atoms with Crippen molar-refractivity contribution in [2.24, 2.45) is 11.8 Å². The SMILES string of the molecule is Oc1ccc2c(c1)C13CCN(CC4CC4)C(CCC1CC2)C3. The summed E-state index contributed by atoms with van der Waals surface area (Å²) in [6.45, 7) is 2.64. The second-order valence-electron chi connectivity index (χ2n) is 8.36. The number of nitrogens with zero attached hydrogens (tertiary/aromatic N) is 1. The zero-order valence-electron chi connectivity index (χ0n) is 13.4. The van der Waals surface area contributed by atoms with Gasteiger partial charge in [-0.25, -0.2) is 0 Å². The first-order chi connectivity index (χ1) is 10.7. The number of rotatable bonds is 2. The second kappa shape index (κ2) is 4.74. The fraction of sp³-hybridized carbons (Fsp3) is 0.700. The molecule has 1 aromatic carbocycles. The fourth-order valence-corrected chi connectivity index (χ4v) is 5.84. The van der Waals surface area contributed by atoms with E-state index in [4.69, 9.17) is 0 Å². The van der Waals surface area contributed by atoms with Crippen molar-refractivity contribution >= 4 is 0 Å². The van der Waals surface area contributed by atoms with Crippen LogP contribution in [0.5, 0.6) is 5.75 Å². The average Bonchev–Trinajstić information content (AvgIpc) is 3.34. The van der Waals surface area contributed by atoms with Crippen LogP contribution in [0.2, 0.25) is 0 Å². The second-order valence-corrected chi connectivity index (χ2v) is 8.36. The summed E-state index contributed by atoms with van der Waals surface area (Å²) in [7, 11) is 0. The molecular formula is C20H27NO. The first kappa shape index (κ1) is 13.4. The van der Waals surface area contributed by atoms with Gasteiger partial charge in [0.05, 0.1) is 0 Å². The van der Waals surface area contributed by atoms with E-state index in [2.05, 4.69) is 17.0 Å². The molecule has 3 atom stereocenters. The maximum Gasteiger partial charge on any atom is 0.115 e. The molecule has 1 heterocycles. The summed E-state index contributed by atoms with van der Waals surface area (Å²) in [6, 6.07) is 6.99. The van der Waals surface area contributed by atoms with Gasteiger partial charge in [-0.15, -0.1) is 0 Å². The molecule has 2 nitrogen and oxygen atoms in total. The fourth-order valence-electron chi connectivity index (χ4n) is 5.84. The molecule has 0 aromatic heterocycles. The third-order valence-corrected chi connectivity index (χ3v) is 7.17. The van der Waals surface area contributed by atoms with E-state index in [9.17, 15) is 5.11 Å². The molecule has 1 saturated heterocycles. The quantitative estimate of drug-likeness (QED) is 0.896. The highest BCUT2D eigenvalue weighted by Gasteiger charge is 2.51. The third kappa shape index (κ3) is 1.96. The Hall–Kier alpha value is -1.02. The lowest BCUT2D eigenvalue weighted by molar-refractivity contribution is 0.00359. The number of phenolic OH excluding ortho intramolecular Hbond substituents is 1. The van der Waals surface area contributed by atoms with Crippen molar-refractivity contribution in [1.29, 1.82) is 0 Å². The van der Waals surface area contributed by atoms with Crippen LogP contribution in [0.25, 0.3) is 0 Å². The molecule has 2 saturated carbocycles. The van der Waals surface area contributed by atoms with E-state index < -0.39 is 0 Å². The highest BCUT2D eigenvalue weighted by molar-refractivity contribution is 5.44. The van der Waals surface area contributed by atoms with E-state index in [1.54, 1.807) is 0 Å². The van der Waals surface area contributed by atoms with E-state index in [-0.39, 0.29) is 0 Å². The standard InChI is InChI=1S/C20H27NO/c22-18-8-4-15-3-5-16-6-7-17-12-20(16,19(15)11-18)9-10-21(17)13-14-1-2-14/h4,8,11,14,16-17,22H,1-3,5-7,9-10,12-13H2. The molecular weight excluding hydrogens is 270 g/mol. The topological polar surface area (TPSA) is 23.5 Å². The van der Waals surface area contributed by atoms with Crippen molar-refractivity contribution in [1.82, 2.24) is 4.90 Å². The summed E-state index contributed by atoms with van der Waals surface area (Å²) >= 11 is 0. The number of benzene rings is 1. The number of hydrogen-bond donors (Lipinski definition) is 1. The molecule has 0 radical (unpaired) electrons. The minimum Gasteiger partial charge on any atom is -0.508 e. The third-order valence-electron chi connectivity index (χ3n) is 7.17. The summed E-state index contributed by atoms with van der Waals surface area (Å²) in [5.74, 6) is 2.34. The minimum atomic E-state index is 0.384. The Morgan fingerprint density at radius 1 is 1.14 bits per heavy atom. The summed E-state index contributed by atoms with van der Waals surface area (Å²) < 4.78 is 0. The van der Waals surface area contributed by atoms with Crippen molar-refractivity contribution in [2.75, 3.05) is 13.1 Å². The van der Waals surface area contributed by atoms with E-state index in [1.807, 2.05) is 6.07 Å². The molecule has 1 N–H and O–H groups in total. The van der Waals surface area contributed by atoms with Crippen LogP contribution in [0.15, 0.2) is 18.2 Å². The van der Waals surface area contributed by atoms with Crippen LogP contribution >= 0.6 is 0 Å². The summed E-state index contributed by atoms with van der Waals surface area (Å²) in [5.41, 5.74) is 3.42. The number of piperidine rings is 1. The van der Waals surface area contributed by atoms with Crippen LogP contribution in [0, 0.1) is 11.8 Å². The van der Waals surface area contributed by atoms with E-state index >= 15 is 0 Å². The zero-order valence-corrected chi connectivity index (χ0v) is 13.4. The smallest absolute Gasteiger partial charge is 0.115 e. The van der Waals surface area contributed by atoms with Crippen molar-refractivity contribution in [3.63, 3.8) is 0 Å². The molecule has 22 heavy (non-hydrogen) atoms. The maximum atomic E-state index is 10.0. The number of fused-ring (bicyclic) bond motifs is 2. The first-order valence-corrected chi connectivity index (χ1v) is 9.31. The lowest BCUT2D eigenvalue weighted by Gasteiger charge is -2.57. The van der Waals surface area contributed by atoms with Gasteiger partial charge in [0.1, 0.15) is 5.75 Å². The highest BCUT2D eigenvalue weighted by Crippen LogP contribution is 2.55. The Labute approximate surface area is 133 Å². The van der Waals surface area contributed by atoms with Gasteiger partial charge in [0.15, 0.2) is 0 Å². The molecule has 1 aromatic rings. The van der Waals surface area contributed by atoms with E-state index in [0.29, 0.717) is 11.2 Å². The molecule has 0 amide bonds. The number of phenols is 1. The van der Waals surface area contributed by atoms with Crippen molar-refractivity contribution in [3.8, 4) is 5.75 Å². The van der Waals surface area contributed by atoms with Gasteiger partial charge in [-0.05, 0) is 93.0 Å². The average molecular weight is 297 g/mol. The number of likely N-dealkylation sites (tertiary alicyclic amines) is 1. The molecule has 2 heteroatoms. The molecule has 3 unspecified atom stereocenters. The van der Waals surface area contributed by atoms with Gasteiger partial charge in [0.25, 0.3) is 0 Å². The predicted molar refractivity (Wildman–Crippen MR) is 88.1 cm³/mol. The summed E-state index contributed by atoms with van der Waals surface area (Å²) in [5, 5.41) is 10.0. The molecule has 1 aliphatic heterocycles. The predicted octanol–water partition coefficient (Wildman–Crippen LogP) is 3.86. The van der Waals surface area contributed by atoms with Crippen molar-refractivity contribution in [3.05, 3.63) is 29.3 Å². The van der Waals surface area contributed by atoms with Crippen LogP contribution in [-0.2, 0) is 11.8 Å². The van der Waals surface area contributed by atoms with Crippen LogP contribution in [0.4, 0.5) is 0 Å². The number of aryl methyl sites for hydroxylation is 1. The lowest BCUT2D eigenvalue weighted by Crippen LogP contribution is -2.57. The number of hydrogen-bond acceptors (Lipinski definition) is 2. The number of aromatic hydroxyl groups is 1. The van der Waals surface area contributed by atoms with Gasteiger partial charge < -0.3 is 10.0 Å². The lowest BCUT2D eigenvalue weighted by atomic mass is 9.53. The van der Waals surface area contributed by atoms with Gasteiger partial charge in [0, 0.05) is 18.0 Å². The Kier molecular flexibility index (Phi) is 2.89. The Morgan fingerprint density at radius 2 is 2.05 bits per heavy atom. The molecule has 3 fully saturated rings. The molecule has 2 bridgehead atoms. The van der Waals surface area contributed by atoms with Crippen molar-refractivity contribution in [2.45, 2.75) is 62.8 Å². The van der Waals surface area contributed by atoms with Crippen LogP contribution < -0.4 is 0 Å². The van der Waals surface area contributed by atoms with Crippen LogP contribution in [-0.4, -0.2) is 29.1 Å². The summed E-state index contributed by atoms with van der Waals surface area (Å²) in [6.07, 6.45) is 11.0. The Morgan fingerprint density at radius 3 is 2.91 bits per heavy atom. The minimum absolute atomic E-state index is 0.384. The first-order valence-electron chi connectivity index (χ1n) is 9.31. The maximum absolute atomic E-state index is 10.0. The van der Waals surface area contributed by atoms with Gasteiger partial charge in [-0.1, -0.05) is 6.07 Å².